The smallest absolute Gasteiger partial charge is 0.316 e. The molecular formula is C12H16O3S. The van der Waals surface area contributed by atoms with Crippen LogP contribution in [0.1, 0.15) is 18.1 Å². The van der Waals surface area contributed by atoms with Gasteiger partial charge in [-0.15, -0.1) is 11.8 Å². The normalized spacial score (nSPS) is 10.2. The van der Waals surface area contributed by atoms with Crippen LogP contribution in [0.5, 0.6) is 0 Å². The fourth-order valence-electron chi connectivity index (χ4n) is 1.31. The predicted molar refractivity (Wildman–Crippen MR) is 64.5 cm³/mol. The van der Waals surface area contributed by atoms with Crippen molar-refractivity contribution >= 4 is 17.7 Å². The van der Waals surface area contributed by atoms with Crippen LogP contribution in [0.3, 0.4) is 0 Å². The monoisotopic (exact) mass is 240 g/mol. The van der Waals surface area contributed by atoms with Gasteiger partial charge in [0.15, 0.2) is 0 Å². The van der Waals surface area contributed by atoms with Gasteiger partial charge in [0.25, 0.3) is 0 Å². The lowest BCUT2D eigenvalue weighted by atomic mass is 10.1. The van der Waals surface area contributed by atoms with Crippen molar-refractivity contribution in [1.29, 1.82) is 0 Å². The van der Waals surface area contributed by atoms with Crippen LogP contribution in [0, 0.1) is 6.92 Å². The third kappa shape index (κ3) is 3.87. The van der Waals surface area contributed by atoms with Crippen LogP contribution < -0.4 is 0 Å². The van der Waals surface area contributed by atoms with Crippen molar-refractivity contribution in [3.05, 3.63) is 29.3 Å². The molecule has 0 saturated carbocycles. The maximum Gasteiger partial charge on any atom is 0.316 e. The first-order valence-corrected chi connectivity index (χ1v) is 6.14. The molecule has 88 valence electrons. The van der Waals surface area contributed by atoms with Gasteiger partial charge >= 0.3 is 5.97 Å². The van der Waals surface area contributed by atoms with E-state index in [9.17, 15) is 4.79 Å². The summed E-state index contributed by atoms with van der Waals surface area (Å²) >= 11 is 1.46. The Morgan fingerprint density at radius 3 is 2.81 bits per heavy atom. The van der Waals surface area contributed by atoms with Gasteiger partial charge in [-0.1, -0.05) is 12.1 Å². The summed E-state index contributed by atoms with van der Waals surface area (Å²) < 4.78 is 4.85. The highest BCUT2D eigenvalue weighted by atomic mass is 32.2. The summed E-state index contributed by atoms with van der Waals surface area (Å²) in [6, 6.07) is 5.71. The molecule has 0 spiro atoms. The summed E-state index contributed by atoms with van der Waals surface area (Å²) in [4.78, 5) is 12.2. The standard InChI is InChI=1S/C12H16O3S/c1-3-15-12(14)8-16-11-5-4-10(7-13)6-9(11)2/h4-6,13H,3,7-8H2,1-2H3. The fourth-order valence-corrected chi connectivity index (χ4v) is 2.12. The summed E-state index contributed by atoms with van der Waals surface area (Å²) in [7, 11) is 0. The van der Waals surface area contributed by atoms with E-state index >= 15 is 0 Å². The van der Waals surface area contributed by atoms with E-state index in [0.717, 1.165) is 16.0 Å². The highest BCUT2D eigenvalue weighted by Crippen LogP contribution is 2.23. The maximum atomic E-state index is 11.2. The Bertz CT molecular complexity index is 363. The molecule has 4 heteroatoms. The summed E-state index contributed by atoms with van der Waals surface area (Å²) in [5.41, 5.74) is 1.96. The number of carbonyl (C=O) groups excluding carboxylic acids is 1. The lowest BCUT2D eigenvalue weighted by Crippen LogP contribution is -2.06. The average Bonchev–Trinajstić information content (AvgIpc) is 2.27. The molecule has 1 rings (SSSR count). The van der Waals surface area contributed by atoms with Crippen molar-refractivity contribution in [3.63, 3.8) is 0 Å². The lowest BCUT2D eigenvalue weighted by molar-refractivity contribution is -0.139. The first-order valence-electron chi connectivity index (χ1n) is 5.16. The minimum atomic E-state index is -0.196. The molecule has 0 aliphatic heterocycles. The first-order chi connectivity index (χ1) is 7.67. The Labute approximate surface area is 99.8 Å². The highest BCUT2D eigenvalue weighted by Gasteiger charge is 2.05. The zero-order valence-electron chi connectivity index (χ0n) is 9.53. The molecule has 0 amide bonds. The summed E-state index contributed by atoms with van der Waals surface area (Å²) in [6.45, 7) is 4.22. The van der Waals surface area contributed by atoms with E-state index in [-0.39, 0.29) is 12.6 Å². The third-order valence-electron chi connectivity index (χ3n) is 2.07. The summed E-state index contributed by atoms with van der Waals surface area (Å²) in [5, 5.41) is 8.96. The van der Waals surface area contributed by atoms with Crippen molar-refractivity contribution in [3.8, 4) is 0 Å². The molecule has 3 nitrogen and oxygen atoms in total. The molecule has 1 aromatic carbocycles. The second-order valence-electron chi connectivity index (χ2n) is 3.35. The Balaban J connectivity index is 2.57. The molecule has 1 N–H and O–H groups in total. The zero-order valence-corrected chi connectivity index (χ0v) is 10.3. The van der Waals surface area contributed by atoms with E-state index < -0.39 is 0 Å². The van der Waals surface area contributed by atoms with Gasteiger partial charge in [0, 0.05) is 4.90 Å². The van der Waals surface area contributed by atoms with Crippen molar-refractivity contribution in [2.45, 2.75) is 25.3 Å². The molecule has 0 bridgehead atoms. The SMILES string of the molecule is CCOC(=O)CSc1ccc(CO)cc1C. The van der Waals surface area contributed by atoms with E-state index in [4.69, 9.17) is 9.84 Å². The number of aryl methyl sites for hydroxylation is 1. The van der Waals surface area contributed by atoms with Crippen molar-refractivity contribution in [2.24, 2.45) is 0 Å². The Morgan fingerprint density at radius 2 is 2.25 bits per heavy atom. The van der Waals surface area contributed by atoms with E-state index in [1.165, 1.54) is 11.8 Å². The molecule has 0 aliphatic carbocycles. The minimum absolute atomic E-state index is 0.0453. The molecule has 0 aliphatic rings. The van der Waals surface area contributed by atoms with Crippen LogP contribution >= 0.6 is 11.8 Å². The molecule has 0 radical (unpaired) electrons. The van der Waals surface area contributed by atoms with Gasteiger partial charge in [-0.3, -0.25) is 4.79 Å². The van der Waals surface area contributed by atoms with Gasteiger partial charge in [-0.05, 0) is 31.0 Å². The number of aliphatic hydroxyl groups excluding tert-OH is 1. The molecule has 0 fully saturated rings. The van der Waals surface area contributed by atoms with Gasteiger partial charge in [0.2, 0.25) is 0 Å². The number of hydrogen-bond donors (Lipinski definition) is 1. The molecule has 0 heterocycles. The Morgan fingerprint density at radius 1 is 1.50 bits per heavy atom. The van der Waals surface area contributed by atoms with E-state index in [2.05, 4.69) is 0 Å². The minimum Gasteiger partial charge on any atom is -0.465 e. The third-order valence-corrected chi connectivity index (χ3v) is 3.22. The molecule has 0 saturated heterocycles. The van der Waals surface area contributed by atoms with Crippen LogP contribution in [0.2, 0.25) is 0 Å². The van der Waals surface area contributed by atoms with E-state index in [0.29, 0.717) is 12.4 Å². The number of rotatable bonds is 5. The second kappa shape index (κ2) is 6.55. The van der Waals surface area contributed by atoms with Gasteiger partial charge < -0.3 is 9.84 Å². The van der Waals surface area contributed by atoms with Gasteiger partial charge in [-0.2, -0.15) is 0 Å². The van der Waals surface area contributed by atoms with Crippen LogP contribution in [0.15, 0.2) is 23.1 Å². The number of hydrogen-bond acceptors (Lipinski definition) is 4. The van der Waals surface area contributed by atoms with Crippen molar-refractivity contribution in [2.75, 3.05) is 12.4 Å². The lowest BCUT2D eigenvalue weighted by Gasteiger charge is -2.06. The summed E-state index contributed by atoms with van der Waals surface area (Å²) in [6.07, 6.45) is 0. The van der Waals surface area contributed by atoms with Crippen molar-refractivity contribution < 1.29 is 14.6 Å². The maximum absolute atomic E-state index is 11.2. The number of esters is 1. The van der Waals surface area contributed by atoms with E-state index in [1.807, 2.05) is 25.1 Å². The van der Waals surface area contributed by atoms with Gasteiger partial charge in [0.1, 0.15) is 0 Å². The molecule has 0 aromatic heterocycles. The number of benzene rings is 1. The molecule has 0 atom stereocenters. The molecule has 1 aromatic rings. The van der Waals surface area contributed by atoms with Gasteiger partial charge in [-0.25, -0.2) is 0 Å². The van der Waals surface area contributed by atoms with E-state index in [1.54, 1.807) is 6.92 Å². The largest absolute Gasteiger partial charge is 0.465 e. The van der Waals surface area contributed by atoms with Gasteiger partial charge in [0.05, 0.1) is 19.0 Å². The second-order valence-corrected chi connectivity index (χ2v) is 4.37. The van der Waals surface area contributed by atoms with Crippen molar-refractivity contribution in [1.82, 2.24) is 0 Å². The summed E-state index contributed by atoms with van der Waals surface area (Å²) in [5.74, 6) is 0.130. The topological polar surface area (TPSA) is 46.5 Å². The number of carbonyl (C=O) groups is 1. The molecule has 0 unspecified atom stereocenters. The number of thioether (sulfide) groups is 1. The number of aliphatic hydroxyl groups is 1. The quantitative estimate of drug-likeness (QED) is 0.632. The van der Waals surface area contributed by atoms with Crippen LogP contribution in [0.4, 0.5) is 0 Å². The zero-order chi connectivity index (χ0) is 12.0. The van der Waals surface area contributed by atoms with Crippen LogP contribution in [-0.2, 0) is 16.1 Å². The van der Waals surface area contributed by atoms with Crippen LogP contribution in [0.25, 0.3) is 0 Å². The Kier molecular flexibility index (Phi) is 5.35. The molecule has 16 heavy (non-hydrogen) atoms. The first kappa shape index (κ1) is 13.1. The molecular weight excluding hydrogens is 224 g/mol. The fraction of sp³-hybridized carbons (Fsp3) is 0.417. The Hall–Kier alpha value is -1.00. The number of ether oxygens (including phenoxy) is 1. The predicted octanol–water partition coefficient (Wildman–Crippen LogP) is 2.14. The average molecular weight is 240 g/mol. The highest BCUT2D eigenvalue weighted by molar-refractivity contribution is 8.00. The van der Waals surface area contributed by atoms with Crippen LogP contribution in [-0.4, -0.2) is 23.4 Å².